The Morgan fingerprint density at radius 1 is 1.23 bits per heavy atom. The summed E-state index contributed by atoms with van der Waals surface area (Å²) in [6.07, 6.45) is 0. The van der Waals surface area contributed by atoms with E-state index < -0.39 is 4.92 Å². The number of benzene rings is 2. The van der Waals surface area contributed by atoms with Gasteiger partial charge in [-0.05, 0) is 59.7 Å². The number of nitro benzene ring substituents is 1. The third kappa shape index (κ3) is 3.82. The minimum atomic E-state index is -0.495. The number of carbonyl (C=O) groups excluding carboxylic acids is 1. The lowest BCUT2D eigenvalue weighted by Crippen LogP contribution is -2.13. The Morgan fingerprint density at radius 2 is 1.86 bits per heavy atom. The van der Waals surface area contributed by atoms with Gasteiger partial charge in [0.15, 0.2) is 12.4 Å². The van der Waals surface area contributed by atoms with E-state index in [2.05, 4.69) is 22.6 Å². The Balaban J connectivity index is 2.19. The lowest BCUT2D eigenvalue weighted by molar-refractivity contribution is -0.385. The van der Waals surface area contributed by atoms with Crippen molar-refractivity contribution >= 4 is 34.1 Å². The van der Waals surface area contributed by atoms with Gasteiger partial charge in [0.1, 0.15) is 0 Å². The summed E-state index contributed by atoms with van der Waals surface area (Å²) in [5, 5.41) is 11.1. The van der Waals surface area contributed by atoms with Crippen LogP contribution in [0.25, 0.3) is 0 Å². The molecule has 0 N–H and O–H groups in total. The van der Waals surface area contributed by atoms with Gasteiger partial charge >= 0.3 is 5.69 Å². The number of nitrogens with zero attached hydrogens (tertiary/aromatic N) is 1. The summed E-state index contributed by atoms with van der Waals surface area (Å²) in [5.41, 5.74) is 1.82. The maximum Gasteiger partial charge on any atom is 0.311 e. The Labute approximate surface area is 141 Å². The number of ketones is 1. The van der Waals surface area contributed by atoms with Crippen LogP contribution in [0.15, 0.2) is 36.4 Å². The molecule has 0 heterocycles. The highest BCUT2D eigenvalue weighted by Crippen LogP contribution is 2.32. The van der Waals surface area contributed by atoms with E-state index in [0.717, 1.165) is 9.13 Å². The number of aryl methyl sites for hydroxylation is 2. The second-order valence-corrected chi connectivity index (χ2v) is 6.15. The predicted molar refractivity (Wildman–Crippen MR) is 91.6 cm³/mol. The van der Waals surface area contributed by atoms with Crippen LogP contribution in [0.3, 0.4) is 0 Å². The molecule has 0 bridgehead atoms. The van der Waals surface area contributed by atoms with Gasteiger partial charge in [-0.2, -0.15) is 0 Å². The number of nitro groups is 1. The standard InChI is InChI=1S/C16H14INO4/c1-10-7-11(2)16(14(8-10)18(20)21)22-9-15(19)12-3-5-13(17)6-4-12/h3-8H,9H2,1-2H3. The predicted octanol–water partition coefficient (Wildman–Crippen LogP) is 4.08. The summed E-state index contributed by atoms with van der Waals surface area (Å²) in [6.45, 7) is 3.27. The first-order valence-electron chi connectivity index (χ1n) is 6.55. The Hall–Kier alpha value is -1.96. The number of hydrogen-bond donors (Lipinski definition) is 0. The van der Waals surface area contributed by atoms with Crippen molar-refractivity contribution in [1.82, 2.24) is 0 Å². The molecule has 0 aliphatic carbocycles. The smallest absolute Gasteiger partial charge is 0.311 e. The minimum Gasteiger partial charge on any atom is -0.478 e. The van der Waals surface area contributed by atoms with Crippen LogP contribution in [-0.2, 0) is 0 Å². The van der Waals surface area contributed by atoms with E-state index in [9.17, 15) is 14.9 Å². The summed E-state index contributed by atoms with van der Waals surface area (Å²) in [4.78, 5) is 22.7. The molecule has 0 aromatic heterocycles. The molecule has 0 aliphatic heterocycles. The number of ether oxygens (including phenoxy) is 1. The molecule has 0 spiro atoms. The van der Waals surface area contributed by atoms with Crippen molar-refractivity contribution in [3.05, 3.63) is 66.8 Å². The maximum absolute atomic E-state index is 12.1. The topological polar surface area (TPSA) is 69.4 Å². The molecule has 0 radical (unpaired) electrons. The molecule has 0 fully saturated rings. The quantitative estimate of drug-likeness (QED) is 0.322. The SMILES string of the molecule is Cc1cc(C)c(OCC(=O)c2ccc(I)cc2)c([N+](=O)[O-])c1. The third-order valence-corrected chi connectivity index (χ3v) is 3.83. The first kappa shape index (κ1) is 16.4. The van der Waals surface area contributed by atoms with Crippen LogP contribution >= 0.6 is 22.6 Å². The highest BCUT2D eigenvalue weighted by molar-refractivity contribution is 14.1. The third-order valence-electron chi connectivity index (χ3n) is 3.11. The Morgan fingerprint density at radius 3 is 2.45 bits per heavy atom. The largest absolute Gasteiger partial charge is 0.478 e. The number of Topliss-reactive ketones (excluding diaryl/α,β-unsaturated/α-hetero) is 1. The van der Waals surface area contributed by atoms with Crippen molar-refractivity contribution in [3.8, 4) is 5.75 Å². The summed E-state index contributed by atoms with van der Waals surface area (Å²) in [5.74, 6) is -0.0693. The number of hydrogen-bond acceptors (Lipinski definition) is 4. The second-order valence-electron chi connectivity index (χ2n) is 4.91. The number of rotatable bonds is 5. The lowest BCUT2D eigenvalue weighted by Gasteiger charge is -2.10. The monoisotopic (exact) mass is 411 g/mol. The van der Waals surface area contributed by atoms with Crippen LogP contribution in [0.1, 0.15) is 21.5 Å². The molecule has 0 unspecified atom stereocenters. The molecule has 0 saturated heterocycles. The van der Waals surface area contributed by atoms with Crippen molar-refractivity contribution in [1.29, 1.82) is 0 Å². The van der Waals surface area contributed by atoms with Gasteiger partial charge in [0.2, 0.25) is 5.75 Å². The molecule has 0 saturated carbocycles. The number of halogens is 1. The van der Waals surface area contributed by atoms with E-state index in [-0.39, 0.29) is 23.8 Å². The molecule has 114 valence electrons. The van der Waals surface area contributed by atoms with E-state index in [4.69, 9.17) is 4.74 Å². The van der Waals surface area contributed by atoms with Crippen LogP contribution in [0.5, 0.6) is 5.75 Å². The Bertz CT molecular complexity index is 726. The summed E-state index contributed by atoms with van der Waals surface area (Å²) in [7, 11) is 0. The van der Waals surface area contributed by atoms with Crippen molar-refractivity contribution in [2.45, 2.75) is 13.8 Å². The zero-order chi connectivity index (χ0) is 16.3. The zero-order valence-electron chi connectivity index (χ0n) is 12.1. The minimum absolute atomic E-state index is 0.118. The molecule has 0 amide bonds. The molecule has 6 heteroatoms. The normalized spacial score (nSPS) is 10.3. The van der Waals surface area contributed by atoms with Gasteiger partial charge in [-0.1, -0.05) is 18.2 Å². The first-order valence-corrected chi connectivity index (χ1v) is 7.63. The molecule has 5 nitrogen and oxygen atoms in total. The van der Waals surface area contributed by atoms with E-state index in [1.54, 1.807) is 32.0 Å². The van der Waals surface area contributed by atoms with Crippen LogP contribution in [0, 0.1) is 27.5 Å². The highest BCUT2D eigenvalue weighted by Gasteiger charge is 2.19. The molecule has 0 aliphatic rings. The van der Waals surface area contributed by atoms with Gasteiger partial charge in [0.05, 0.1) is 4.92 Å². The van der Waals surface area contributed by atoms with Gasteiger partial charge < -0.3 is 4.74 Å². The second kappa shape index (κ2) is 6.87. The summed E-state index contributed by atoms with van der Waals surface area (Å²) < 4.78 is 6.47. The fourth-order valence-corrected chi connectivity index (χ4v) is 2.47. The van der Waals surface area contributed by atoms with Crippen molar-refractivity contribution < 1.29 is 14.5 Å². The molecule has 2 aromatic carbocycles. The molecule has 22 heavy (non-hydrogen) atoms. The molecular weight excluding hydrogens is 397 g/mol. The molecule has 2 aromatic rings. The Kier molecular flexibility index (Phi) is 5.12. The van der Waals surface area contributed by atoms with Gasteiger partial charge in [-0.3, -0.25) is 14.9 Å². The maximum atomic E-state index is 12.1. The molecule has 0 atom stereocenters. The van der Waals surface area contributed by atoms with Crippen LogP contribution < -0.4 is 4.74 Å². The fourth-order valence-electron chi connectivity index (χ4n) is 2.11. The van der Waals surface area contributed by atoms with Gasteiger partial charge in [0, 0.05) is 15.2 Å². The van der Waals surface area contributed by atoms with Crippen molar-refractivity contribution in [2.75, 3.05) is 6.61 Å². The van der Waals surface area contributed by atoms with Gasteiger partial charge in [-0.15, -0.1) is 0 Å². The van der Waals surface area contributed by atoms with Crippen LogP contribution in [-0.4, -0.2) is 17.3 Å². The zero-order valence-corrected chi connectivity index (χ0v) is 14.3. The summed E-state index contributed by atoms with van der Waals surface area (Å²) >= 11 is 2.15. The van der Waals surface area contributed by atoms with Gasteiger partial charge in [-0.25, -0.2) is 0 Å². The van der Waals surface area contributed by atoms with E-state index >= 15 is 0 Å². The van der Waals surface area contributed by atoms with E-state index in [0.29, 0.717) is 11.1 Å². The highest BCUT2D eigenvalue weighted by atomic mass is 127. The lowest BCUT2D eigenvalue weighted by atomic mass is 10.1. The fraction of sp³-hybridized carbons (Fsp3) is 0.188. The van der Waals surface area contributed by atoms with Crippen molar-refractivity contribution in [3.63, 3.8) is 0 Å². The number of carbonyl (C=O) groups is 1. The van der Waals surface area contributed by atoms with Gasteiger partial charge in [0.25, 0.3) is 0 Å². The van der Waals surface area contributed by atoms with E-state index in [1.807, 2.05) is 12.1 Å². The summed E-state index contributed by atoms with van der Waals surface area (Å²) in [6, 6.07) is 10.3. The van der Waals surface area contributed by atoms with Crippen molar-refractivity contribution in [2.24, 2.45) is 0 Å². The average Bonchev–Trinajstić information content (AvgIpc) is 2.45. The van der Waals surface area contributed by atoms with Crippen LogP contribution in [0.2, 0.25) is 0 Å². The van der Waals surface area contributed by atoms with Crippen LogP contribution in [0.4, 0.5) is 5.69 Å². The first-order chi connectivity index (χ1) is 10.4. The van der Waals surface area contributed by atoms with E-state index in [1.165, 1.54) is 6.07 Å². The molecule has 2 rings (SSSR count). The molecular formula is C16H14INO4. The average molecular weight is 411 g/mol.